The highest BCUT2D eigenvalue weighted by Crippen LogP contribution is 2.31. The van der Waals surface area contributed by atoms with Crippen LogP contribution in [0.25, 0.3) is 0 Å². The molecule has 0 N–H and O–H groups in total. The molecule has 20 heavy (non-hydrogen) atoms. The number of carbonyl (C=O) groups excluding carboxylic acids is 1. The summed E-state index contributed by atoms with van der Waals surface area (Å²) in [5.74, 6) is -0.191. The third-order valence-corrected chi connectivity index (χ3v) is 3.54. The van der Waals surface area contributed by atoms with Gasteiger partial charge in [0.2, 0.25) is 0 Å². The summed E-state index contributed by atoms with van der Waals surface area (Å²) in [6.45, 7) is 2.45. The topological polar surface area (TPSA) is 26.3 Å². The Morgan fingerprint density at radius 3 is 2.90 bits per heavy atom. The van der Waals surface area contributed by atoms with Crippen molar-refractivity contribution in [1.29, 1.82) is 0 Å². The van der Waals surface area contributed by atoms with Crippen LogP contribution in [0, 0.1) is 12.7 Å². The third kappa shape index (κ3) is 2.20. The van der Waals surface area contributed by atoms with Crippen LogP contribution in [-0.4, -0.2) is 12.4 Å². The van der Waals surface area contributed by atoms with Crippen LogP contribution in [0.15, 0.2) is 36.4 Å². The molecule has 1 heterocycles. The molecule has 0 saturated carbocycles. The largest absolute Gasteiger partial charge is 0.493 e. The number of hydrogen-bond acceptors (Lipinski definition) is 2. The molecule has 1 aliphatic heterocycles. The lowest BCUT2D eigenvalue weighted by molar-refractivity contribution is 0.103. The van der Waals surface area contributed by atoms with Crippen LogP contribution >= 0.6 is 0 Å². The first-order valence-electron chi connectivity index (χ1n) is 6.72. The lowest BCUT2D eigenvalue weighted by atomic mass is 9.96. The summed E-state index contributed by atoms with van der Waals surface area (Å²) in [6, 6.07) is 10.1. The quantitative estimate of drug-likeness (QED) is 0.778. The van der Waals surface area contributed by atoms with Crippen molar-refractivity contribution in [2.24, 2.45) is 0 Å². The van der Waals surface area contributed by atoms with Gasteiger partial charge in [0.25, 0.3) is 0 Å². The van der Waals surface area contributed by atoms with Crippen LogP contribution in [0.2, 0.25) is 0 Å². The van der Waals surface area contributed by atoms with Crippen LogP contribution in [-0.2, 0) is 6.42 Å². The van der Waals surface area contributed by atoms with Gasteiger partial charge in [-0.15, -0.1) is 0 Å². The first kappa shape index (κ1) is 12.9. The van der Waals surface area contributed by atoms with Gasteiger partial charge in [0.15, 0.2) is 5.78 Å². The Hall–Kier alpha value is -2.16. The highest BCUT2D eigenvalue weighted by atomic mass is 19.1. The molecule has 2 aromatic carbocycles. The van der Waals surface area contributed by atoms with Crippen molar-refractivity contribution < 1.29 is 13.9 Å². The fourth-order valence-corrected chi connectivity index (χ4v) is 2.53. The van der Waals surface area contributed by atoms with E-state index < -0.39 is 5.82 Å². The van der Waals surface area contributed by atoms with Gasteiger partial charge in [0.1, 0.15) is 11.6 Å². The van der Waals surface area contributed by atoms with Crippen molar-refractivity contribution in [1.82, 2.24) is 0 Å². The maximum Gasteiger partial charge on any atom is 0.199 e. The summed E-state index contributed by atoms with van der Waals surface area (Å²) >= 11 is 0. The number of fused-ring (bicyclic) bond motifs is 1. The van der Waals surface area contributed by atoms with E-state index in [4.69, 9.17) is 4.74 Å². The normalized spacial score (nSPS) is 13.5. The van der Waals surface area contributed by atoms with Gasteiger partial charge in [-0.1, -0.05) is 23.8 Å². The maximum absolute atomic E-state index is 13.9. The van der Waals surface area contributed by atoms with Gasteiger partial charge in [0.05, 0.1) is 17.7 Å². The SMILES string of the molecule is Cc1ccc(F)c(C(=O)c2cccc3c2OCCC3)c1. The van der Waals surface area contributed by atoms with Gasteiger partial charge < -0.3 is 4.74 Å². The van der Waals surface area contributed by atoms with Crippen molar-refractivity contribution >= 4 is 5.78 Å². The van der Waals surface area contributed by atoms with Crippen LogP contribution in [0.4, 0.5) is 4.39 Å². The van der Waals surface area contributed by atoms with E-state index in [2.05, 4.69) is 0 Å². The van der Waals surface area contributed by atoms with Gasteiger partial charge in [-0.05, 0) is 43.5 Å². The summed E-state index contributed by atoms with van der Waals surface area (Å²) in [6.07, 6.45) is 1.84. The molecule has 0 atom stereocenters. The highest BCUT2D eigenvalue weighted by molar-refractivity contribution is 6.11. The number of hydrogen-bond donors (Lipinski definition) is 0. The van der Waals surface area contributed by atoms with Crippen molar-refractivity contribution in [3.8, 4) is 5.75 Å². The summed E-state index contributed by atoms with van der Waals surface area (Å²) in [7, 11) is 0. The predicted molar refractivity (Wildman–Crippen MR) is 74.8 cm³/mol. The molecule has 0 fully saturated rings. The Morgan fingerprint density at radius 1 is 1.20 bits per heavy atom. The number of rotatable bonds is 2. The second-order valence-electron chi connectivity index (χ2n) is 5.06. The molecule has 2 nitrogen and oxygen atoms in total. The molecule has 0 aliphatic carbocycles. The van der Waals surface area contributed by atoms with Crippen molar-refractivity contribution in [3.63, 3.8) is 0 Å². The van der Waals surface area contributed by atoms with E-state index >= 15 is 0 Å². The summed E-state index contributed by atoms with van der Waals surface area (Å²) in [5.41, 5.74) is 2.44. The summed E-state index contributed by atoms with van der Waals surface area (Å²) < 4.78 is 19.5. The van der Waals surface area contributed by atoms with E-state index in [-0.39, 0.29) is 11.3 Å². The van der Waals surface area contributed by atoms with Crippen LogP contribution < -0.4 is 4.74 Å². The number of para-hydroxylation sites is 1. The smallest absolute Gasteiger partial charge is 0.199 e. The lowest BCUT2D eigenvalue weighted by Gasteiger charge is -2.19. The molecule has 1 aliphatic rings. The van der Waals surface area contributed by atoms with Crippen molar-refractivity contribution in [3.05, 3.63) is 64.5 Å². The van der Waals surface area contributed by atoms with E-state index in [1.165, 1.54) is 6.07 Å². The number of carbonyl (C=O) groups is 1. The molecule has 0 aromatic heterocycles. The third-order valence-electron chi connectivity index (χ3n) is 3.54. The average molecular weight is 270 g/mol. The average Bonchev–Trinajstić information content (AvgIpc) is 2.48. The fourth-order valence-electron chi connectivity index (χ4n) is 2.53. The fraction of sp³-hybridized carbons (Fsp3) is 0.235. The zero-order valence-corrected chi connectivity index (χ0v) is 11.3. The molecule has 2 aromatic rings. The van der Waals surface area contributed by atoms with Gasteiger partial charge in [-0.25, -0.2) is 4.39 Å². The first-order valence-corrected chi connectivity index (χ1v) is 6.72. The van der Waals surface area contributed by atoms with E-state index in [0.29, 0.717) is 17.9 Å². The zero-order chi connectivity index (χ0) is 14.1. The Morgan fingerprint density at radius 2 is 2.05 bits per heavy atom. The van der Waals surface area contributed by atoms with Gasteiger partial charge in [0, 0.05) is 0 Å². The molecule has 102 valence electrons. The summed E-state index contributed by atoms with van der Waals surface area (Å²) in [5, 5.41) is 0. The molecule has 3 rings (SSSR count). The van der Waals surface area contributed by atoms with Crippen molar-refractivity contribution in [2.45, 2.75) is 19.8 Å². The molecular weight excluding hydrogens is 255 g/mol. The number of halogens is 1. The molecule has 0 amide bonds. The first-order chi connectivity index (χ1) is 9.66. The minimum Gasteiger partial charge on any atom is -0.493 e. The molecule has 0 saturated heterocycles. The zero-order valence-electron chi connectivity index (χ0n) is 11.3. The minimum atomic E-state index is -0.492. The second-order valence-corrected chi connectivity index (χ2v) is 5.06. The van der Waals surface area contributed by atoms with E-state index in [1.54, 1.807) is 18.2 Å². The molecule has 0 spiro atoms. The molecule has 0 bridgehead atoms. The predicted octanol–water partition coefficient (Wildman–Crippen LogP) is 3.69. The number of ketones is 1. The summed E-state index contributed by atoms with van der Waals surface area (Å²) in [4.78, 5) is 12.6. The van der Waals surface area contributed by atoms with Crippen LogP contribution in [0.1, 0.15) is 33.5 Å². The Balaban J connectivity index is 2.09. The standard InChI is InChI=1S/C17H15FO2/c1-11-7-8-15(18)14(10-11)16(19)13-6-2-4-12-5-3-9-20-17(12)13/h2,4,6-8,10H,3,5,9H2,1H3. The maximum atomic E-state index is 13.9. The van der Waals surface area contributed by atoms with Gasteiger partial charge >= 0.3 is 0 Å². The Kier molecular flexibility index (Phi) is 3.26. The van der Waals surface area contributed by atoms with E-state index in [0.717, 1.165) is 24.0 Å². The molecule has 0 radical (unpaired) electrons. The number of benzene rings is 2. The van der Waals surface area contributed by atoms with Gasteiger partial charge in [-0.3, -0.25) is 4.79 Å². The Labute approximate surface area is 117 Å². The van der Waals surface area contributed by atoms with Crippen LogP contribution in [0.5, 0.6) is 5.75 Å². The highest BCUT2D eigenvalue weighted by Gasteiger charge is 2.22. The second kappa shape index (κ2) is 5.08. The monoisotopic (exact) mass is 270 g/mol. The van der Waals surface area contributed by atoms with Gasteiger partial charge in [-0.2, -0.15) is 0 Å². The minimum absolute atomic E-state index is 0.104. The van der Waals surface area contributed by atoms with E-state index in [1.807, 2.05) is 19.1 Å². The number of aryl methyl sites for hydroxylation is 2. The number of ether oxygens (including phenoxy) is 1. The Bertz CT molecular complexity index is 677. The molecule has 3 heteroatoms. The lowest BCUT2D eigenvalue weighted by Crippen LogP contribution is -2.14. The molecule has 0 unspecified atom stereocenters. The van der Waals surface area contributed by atoms with Crippen LogP contribution in [0.3, 0.4) is 0 Å². The molecular formula is C17H15FO2. The van der Waals surface area contributed by atoms with E-state index in [9.17, 15) is 9.18 Å². The van der Waals surface area contributed by atoms with Crippen molar-refractivity contribution in [2.75, 3.05) is 6.61 Å².